The number of rotatable bonds is 6. The van der Waals surface area contributed by atoms with Crippen molar-refractivity contribution in [3.63, 3.8) is 0 Å². The molecule has 0 saturated heterocycles. The summed E-state index contributed by atoms with van der Waals surface area (Å²) >= 11 is 5.36. The fourth-order valence-corrected chi connectivity index (χ4v) is 3.26. The van der Waals surface area contributed by atoms with Gasteiger partial charge in [-0.1, -0.05) is 6.92 Å². The molecule has 3 heteroatoms. The Morgan fingerprint density at radius 2 is 2.21 bits per heavy atom. The Bertz CT molecular complexity index is 270. The van der Waals surface area contributed by atoms with Crippen molar-refractivity contribution in [3.8, 4) is 0 Å². The Morgan fingerprint density at radius 1 is 1.43 bits per heavy atom. The molecule has 1 heterocycles. The van der Waals surface area contributed by atoms with Crippen LogP contribution in [0.25, 0.3) is 0 Å². The third-order valence-electron chi connectivity index (χ3n) is 2.29. The van der Waals surface area contributed by atoms with Crippen molar-refractivity contribution in [2.24, 2.45) is 0 Å². The topological polar surface area (TPSA) is 12.0 Å². The molecule has 14 heavy (non-hydrogen) atoms. The molecule has 0 amide bonds. The maximum Gasteiger partial charge on any atom is 0.0704 e. The van der Waals surface area contributed by atoms with Gasteiger partial charge < -0.3 is 5.32 Å². The van der Waals surface area contributed by atoms with Crippen LogP contribution in [0.2, 0.25) is 0 Å². The van der Waals surface area contributed by atoms with Gasteiger partial charge in [0.05, 0.1) is 3.79 Å². The summed E-state index contributed by atoms with van der Waals surface area (Å²) in [6.07, 6.45) is 3.79. The van der Waals surface area contributed by atoms with Crippen molar-refractivity contribution in [3.05, 3.63) is 20.3 Å². The van der Waals surface area contributed by atoms with Crippen molar-refractivity contribution in [2.45, 2.75) is 33.1 Å². The molecule has 0 fully saturated rings. The predicted molar refractivity (Wildman–Crippen MR) is 68.2 cm³/mol. The number of nitrogens with one attached hydrogen (secondary N) is 1. The van der Waals surface area contributed by atoms with Gasteiger partial charge in [-0.2, -0.15) is 0 Å². The number of aryl methyl sites for hydroxylation is 2. The molecule has 1 aromatic rings. The van der Waals surface area contributed by atoms with Gasteiger partial charge >= 0.3 is 0 Å². The first kappa shape index (κ1) is 12.2. The molecular weight excluding hydrogens is 258 g/mol. The molecule has 0 aromatic carbocycles. The van der Waals surface area contributed by atoms with E-state index in [9.17, 15) is 0 Å². The first-order chi connectivity index (χ1) is 6.74. The smallest absolute Gasteiger partial charge is 0.0704 e. The van der Waals surface area contributed by atoms with Crippen LogP contribution in [0.5, 0.6) is 0 Å². The Hall–Kier alpha value is 0.140. The lowest BCUT2D eigenvalue weighted by Crippen LogP contribution is -2.13. The lowest BCUT2D eigenvalue weighted by atomic mass is 10.1. The van der Waals surface area contributed by atoms with Crippen LogP contribution in [0.15, 0.2) is 9.85 Å². The van der Waals surface area contributed by atoms with Crippen molar-refractivity contribution in [2.75, 3.05) is 13.1 Å². The van der Waals surface area contributed by atoms with Crippen molar-refractivity contribution in [1.29, 1.82) is 0 Å². The molecule has 1 rings (SSSR count). The second-order valence-electron chi connectivity index (χ2n) is 3.44. The Labute approximate surface area is 99.0 Å². The quantitative estimate of drug-likeness (QED) is 0.780. The highest BCUT2D eigenvalue weighted by atomic mass is 79.9. The van der Waals surface area contributed by atoms with Gasteiger partial charge in [-0.3, -0.25) is 0 Å². The zero-order chi connectivity index (χ0) is 10.4. The highest BCUT2D eigenvalue weighted by Crippen LogP contribution is 2.27. The number of unbranched alkanes of at least 4 members (excludes halogenated alkanes) is 1. The van der Waals surface area contributed by atoms with Crippen LogP contribution >= 0.6 is 27.3 Å². The first-order valence-corrected chi connectivity index (χ1v) is 6.80. The molecule has 1 nitrogen and oxygen atoms in total. The van der Waals surface area contributed by atoms with Crippen LogP contribution in [0.3, 0.4) is 0 Å². The largest absolute Gasteiger partial charge is 0.317 e. The zero-order valence-electron chi connectivity index (χ0n) is 8.90. The van der Waals surface area contributed by atoms with Crippen molar-refractivity contribution in [1.82, 2.24) is 5.32 Å². The molecule has 0 bridgehead atoms. The second-order valence-corrected chi connectivity index (χ2v) is 6.08. The van der Waals surface area contributed by atoms with Crippen molar-refractivity contribution >= 4 is 27.3 Å². The molecule has 0 spiro atoms. The molecule has 1 aromatic heterocycles. The third kappa shape index (κ3) is 4.11. The van der Waals surface area contributed by atoms with E-state index in [1.807, 2.05) is 11.3 Å². The summed E-state index contributed by atoms with van der Waals surface area (Å²) < 4.78 is 1.26. The molecule has 1 N–H and O–H groups in total. The van der Waals surface area contributed by atoms with Crippen LogP contribution in [0.1, 0.15) is 30.2 Å². The van der Waals surface area contributed by atoms with E-state index >= 15 is 0 Å². The highest BCUT2D eigenvalue weighted by molar-refractivity contribution is 9.11. The Morgan fingerprint density at radius 3 is 2.79 bits per heavy atom. The molecule has 0 atom stereocenters. The maximum atomic E-state index is 3.52. The fraction of sp³-hybridized carbons (Fsp3) is 0.636. The van der Waals surface area contributed by atoms with E-state index in [-0.39, 0.29) is 0 Å². The SMILES string of the molecule is CCNCCCCc1cc(Br)sc1C. The van der Waals surface area contributed by atoms with E-state index in [1.165, 1.54) is 33.5 Å². The van der Waals surface area contributed by atoms with Gasteiger partial charge in [0.1, 0.15) is 0 Å². The van der Waals surface area contributed by atoms with Crippen LogP contribution in [-0.4, -0.2) is 13.1 Å². The van der Waals surface area contributed by atoms with E-state index < -0.39 is 0 Å². The summed E-state index contributed by atoms with van der Waals surface area (Å²) in [4.78, 5) is 1.46. The fourth-order valence-electron chi connectivity index (χ4n) is 1.47. The van der Waals surface area contributed by atoms with Gasteiger partial charge in [0.25, 0.3) is 0 Å². The third-order valence-corrected chi connectivity index (χ3v) is 3.89. The molecule has 0 saturated carbocycles. The Kier molecular flexibility index (Phi) is 5.75. The number of halogens is 1. The van der Waals surface area contributed by atoms with Gasteiger partial charge in [0, 0.05) is 4.88 Å². The monoisotopic (exact) mass is 275 g/mol. The molecule has 0 unspecified atom stereocenters. The maximum absolute atomic E-state index is 3.52. The summed E-state index contributed by atoms with van der Waals surface area (Å²) in [5.41, 5.74) is 1.51. The average Bonchev–Trinajstić information content (AvgIpc) is 2.45. The lowest BCUT2D eigenvalue weighted by Gasteiger charge is -2.01. The van der Waals surface area contributed by atoms with E-state index in [1.54, 1.807) is 0 Å². The minimum absolute atomic E-state index is 1.09. The minimum atomic E-state index is 1.09. The van der Waals surface area contributed by atoms with E-state index in [2.05, 4.69) is 41.2 Å². The second kappa shape index (κ2) is 6.59. The number of hydrogen-bond acceptors (Lipinski definition) is 2. The van der Waals surface area contributed by atoms with Crippen LogP contribution in [0.4, 0.5) is 0 Å². The minimum Gasteiger partial charge on any atom is -0.317 e. The molecule has 0 radical (unpaired) electrons. The zero-order valence-corrected chi connectivity index (χ0v) is 11.3. The average molecular weight is 276 g/mol. The molecule has 0 aliphatic carbocycles. The van der Waals surface area contributed by atoms with Crippen LogP contribution in [0, 0.1) is 6.92 Å². The molecule has 0 aliphatic rings. The summed E-state index contributed by atoms with van der Waals surface area (Å²) in [6, 6.07) is 2.26. The summed E-state index contributed by atoms with van der Waals surface area (Å²) in [7, 11) is 0. The molecular formula is C11H18BrNS. The van der Waals surface area contributed by atoms with Crippen LogP contribution in [-0.2, 0) is 6.42 Å². The molecule has 0 aliphatic heterocycles. The predicted octanol–water partition coefficient (Wildman–Crippen LogP) is 3.75. The standard InChI is InChI=1S/C11H18BrNS/c1-3-13-7-5-4-6-10-8-11(12)14-9(10)2/h8,13H,3-7H2,1-2H3. The van der Waals surface area contributed by atoms with Gasteiger partial charge in [-0.15, -0.1) is 11.3 Å². The Balaban J connectivity index is 2.21. The van der Waals surface area contributed by atoms with E-state index in [0.717, 1.165) is 13.1 Å². The summed E-state index contributed by atoms with van der Waals surface area (Å²) in [5.74, 6) is 0. The van der Waals surface area contributed by atoms with E-state index in [4.69, 9.17) is 0 Å². The van der Waals surface area contributed by atoms with Gasteiger partial charge in [-0.05, 0) is 66.8 Å². The normalized spacial score (nSPS) is 10.8. The van der Waals surface area contributed by atoms with Gasteiger partial charge in [-0.25, -0.2) is 0 Å². The number of hydrogen-bond donors (Lipinski definition) is 1. The summed E-state index contributed by atoms with van der Waals surface area (Å²) in [5, 5.41) is 3.35. The first-order valence-electron chi connectivity index (χ1n) is 5.19. The van der Waals surface area contributed by atoms with Crippen LogP contribution < -0.4 is 5.32 Å². The highest BCUT2D eigenvalue weighted by Gasteiger charge is 2.02. The lowest BCUT2D eigenvalue weighted by molar-refractivity contribution is 0.640. The van der Waals surface area contributed by atoms with Gasteiger partial charge in [0.2, 0.25) is 0 Å². The van der Waals surface area contributed by atoms with Gasteiger partial charge in [0.15, 0.2) is 0 Å². The molecule has 80 valence electrons. The van der Waals surface area contributed by atoms with E-state index in [0.29, 0.717) is 0 Å². The van der Waals surface area contributed by atoms with Crippen molar-refractivity contribution < 1.29 is 0 Å². The summed E-state index contributed by atoms with van der Waals surface area (Å²) in [6.45, 7) is 6.60. The number of thiophene rings is 1.